The molecule has 3 aromatic rings. The molecule has 4 rings (SSSR count). The lowest BCUT2D eigenvalue weighted by Crippen LogP contribution is -2.16. The second-order valence-corrected chi connectivity index (χ2v) is 5.60. The van der Waals surface area contributed by atoms with Crippen molar-refractivity contribution in [2.24, 2.45) is 4.99 Å². The first-order valence-corrected chi connectivity index (χ1v) is 7.24. The summed E-state index contributed by atoms with van der Waals surface area (Å²) in [6, 6.07) is 20.6. The van der Waals surface area contributed by atoms with E-state index in [2.05, 4.69) is 57.6 Å². The van der Waals surface area contributed by atoms with Gasteiger partial charge in [-0.3, -0.25) is 0 Å². The van der Waals surface area contributed by atoms with E-state index < -0.39 is 0 Å². The summed E-state index contributed by atoms with van der Waals surface area (Å²) in [6.45, 7) is 0. The molecule has 0 saturated heterocycles. The van der Waals surface area contributed by atoms with Crippen molar-refractivity contribution < 1.29 is 0 Å². The van der Waals surface area contributed by atoms with Crippen molar-refractivity contribution in [2.75, 3.05) is 5.32 Å². The van der Waals surface area contributed by atoms with Crippen molar-refractivity contribution in [2.45, 2.75) is 0 Å². The maximum atomic E-state index is 4.77. The lowest BCUT2D eigenvalue weighted by molar-refractivity contribution is 1.45. The summed E-state index contributed by atoms with van der Waals surface area (Å²) >= 11 is 3.59. The van der Waals surface area contributed by atoms with Crippen molar-refractivity contribution in [1.82, 2.24) is 0 Å². The summed E-state index contributed by atoms with van der Waals surface area (Å²) in [6.07, 6.45) is 0. The Morgan fingerprint density at radius 1 is 0.850 bits per heavy atom. The highest BCUT2D eigenvalue weighted by Crippen LogP contribution is 2.36. The zero-order valence-electron chi connectivity index (χ0n) is 10.6. The van der Waals surface area contributed by atoms with Crippen LogP contribution in [-0.4, -0.2) is 5.84 Å². The Kier molecular flexibility index (Phi) is 2.60. The molecule has 1 N–H and O–H groups in total. The summed E-state index contributed by atoms with van der Waals surface area (Å²) in [5.41, 5.74) is 3.19. The number of hydrogen-bond acceptors (Lipinski definition) is 2. The molecule has 0 aromatic heterocycles. The molecule has 0 amide bonds. The molecule has 3 aromatic carbocycles. The van der Waals surface area contributed by atoms with E-state index in [-0.39, 0.29) is 0 Å². The first-order chi connectivity index (χ1) is 9.83. The predicted molar refractivity (Wildman–Crippen MR) is 87.9 cm³/mol. The molecule has 1 aliphatic heterocycles. The molecular weight excluding hydrogens is 312 g/mol. The van der Waals surface area contributed by atoms with Crippen LogP contribution in [-0.2, 0) is 0 Å². The number of nitrogens with one attached hydrogen (secondary N) is 1. The van der Waals surface area contributed by atoms with Gasteiger partial charge in [0.05, 0.1) is 5.69 Å². The maximum Gasteiger partial charge on any atom is 0.139 e. The van der Waals surface area contributed by atoms with Crippen LogP contribution < -0.4 is 5.32 Å². The van der Waals surface area contributed by atoms with Crippen molar-refractivity contribution >= 4 is 43.9 Å². The van der Waals surface area contributed by atoms with Gasteiger partial charge in [-0.15, -0.1) is 0 Å². The number of anilines is 1. The number of aliphatic imine (C=N–C) groups is 1. The molecule has 1 aliphatic rings. The average Bonchev–Trinajstić information content (AvgIpc) is 2.48. The van der Waals surface area contributed by atoms with Crippen LogP contribution in [0, 0.1) is 0 Å². The fourth-order valence-corrected chi connectivity index (χ4v) is 3.05. The molecule has 96 valence electrons. The molecule has 0 saturated carbocycles. The van der Waals surface area contributed by atoms with E-state index in [1.807, 2.05) is 24.3 Å². The zero-order chi connectivity index (χ0) is 13.5. The molecule has 0 atom stereocenters. The van der Waals surface area contributed by atoms with Crippen LogP contribution in [0.25, 0.3) is 10.8 Å². The first-order valence-electron chi connectivity index (χ1n) is 6.45. The van der Waals surface area contributed by atoms with Crippen LogP contribution in [0.3, 0.4) is 0 Å². The Labute approximate surface area is 125 Å². The molecule has 0 unspecified atom stereocenters. The van der Waals surface area contributed by atoms with Crippen LogP contribution in [0.1, 0.15) is 5.56 Å². The largest absolute Gasteiger partial charge is 0.339 e. The molecule has 20 heavy (non-hydrogen) atoms. The van der Waals surface area contributed by atoms with Crippen LogP contribution in [0.5, 0.6) is 0 Å². The number of nitrogens with zero attached hydrogens (tertiary/aromatic N) is 1. The molecule has 0 aliphatic carbocycles. The summed E-state index contributed by atoms with van der Waals surface area (Å²) in [5, 5.41) is 5.83. The Morgan fingerprint density at radius 2 is 1.65 bits per heavy atom. The van der Waals surface area contributed by atoms with Crippen molar-refractivity contribution in [3.05, 3.63) is 70.7 Å². The number of rotatable bonds is 1. The Hall–Kier alpha value is -2.13. The van der Waals surface area contributed by atoms with Gasteiger partial charge in [0, 0.05) is 21.1 Å². The number of halogens is 1. The van der Waals surface area contributed by atoms with E-state index in [1.165, 1.54) is 10.8 Å². The van der Waals surface area contributed by atoms with E-state index in [0.717, 1.165) is 27.2 Å². The molecule has 3 heteroatoms. The van der Waals surface area contributed by atoms with Crippen LogP contribution in [0.15, 0.2) is 70.1 Å². The van der Waals surface area contributed by atoms with Gasteiger partial charge < -0.3 is 5.32 Å². The minimum Gasteiger partial charge on any atom is -0.339 e. The van der Waals surface area contributed by atoms with Gasteiger partial charge in [0.25, 0.3) is 0 Å². The normalized spacial score (nSPS) is 12.9. The van der Waals surface area contributed by atoms with E-state index >= 15 is 0 Å². The standard InChI is InChI=1S/C17H11BrN2/c18-13-8-2-1-7-12(13)17-19-14-9-3-5-11-6-4-10-15(20-17)16(11)14/h1-10H,(H,19,20). The van der Waals surface area contributed by atoms with Gasteiger partial charge in [0.1, 0.15) is 5.84 Å². The third kappa shape index (κ3) is 1.74. The Bertz CT molecular complexity index is 847. The van der Waals surface area contributed by atoms with Gasteiger partial charge in [-0.2, -0.15) is 0 Å². The molecule has 0 spiro atoms. The number of amidine groups is 1. The highest BCUT2D eigenvalue weighted by Gasteiger charge is 2.16. The smallest absolute Gasteiger partial charge is 0.139 e. The van der Waals surface area contributed by atoms with Crippen LogP contribution >= 0.6 is 15.9 Å². The summed E-state index contributed by atoms with van der Waals surface area (Å²) in [4.78, 5) is 4.77. The highest BCUT2D eigenvalue weighted by molar-refractivity contribution is 9.10. The van der Waals surface area contributed by atoms with E-state index in [9.17, 15) is 0 Å². The summed E-state index contributed by atoms with van der Waals surface area (Å²) in [5.74, 6) is 0.878. The SMILES string of the molecule is Brc1ccccc1C1=Nc2cccc3cccc(c23)N1. The molecule has 0 bridgehead atoms. The van der Waals surface area contributed by atoms with Gasteiger partial charge in [-0.25, -0.2) is 4.99 Å². The molecule has 0 radical (unpaired) electrons. The maximum absolute atomic E-state index is 4.77. The van der Waals surface area contributed by atoms with Gasteiger partial charge in [-0.05, 0) is 23.6 Å². The fourth-order valence-electron chi connectivity index (χ4n) is 2.58. The topological polar surface area (TPSA) is 24.4 Å². The second kappa shape index (κ2) is 4.46. The first kappa shape index (κ1) is 11.7. The van der Waals surface area contributed by atoms with Gasteiger partial charge >= 0.3 is 0 Å². The number of benzene rings is 3. The van der Waals surface area contributed by atoms with Gasteiger partial charge in [0.15, 0.2) is 0 Å². The van der Waals surface area contributed by atoms with Crippen molar-refractivity contribution in [3.8, 4) is 0 Å². The molecular formula is C17H11BrN2. The minimum absolute atomic E-state index is 0.878. The van der Waals surface area contributed by atoms with Crippen LogP contribution in [0.4, 0.5) is 11.4 Å². The van der Waals surface area contributed by atoms with E-state index in [0.29, 0.717) is 0 Å². The summed E-state index contributed by atoms with van der Waals surface area (Å²) in [7, 11) is 0. The molecule has 2 nitrogen and oxygen atoms in total. The lowest BCUT2D eigenvalue weighted by Gasteiger charge is -2.19. The third-order valence-corrected chi connectivity index (χ3v) is 4.19. The van der Waals surface area contributed by atoms with E-state index in [4.69, 9.17) is 4.99 Å². The van der Waals surface area contributed by atoms with Crippen LogP contribution in [0.2, 0.25) is 0 Å². The Balaban J connectivity index is 1.97. The highest BCUT2D eigenvalue weighted by atomic mass is 79.9. The Morgan fingerprint density at radius 3 is 2.50 bits per heavy atom. The summed E-state index contributed by atoms with van der Waals surface area (Å²) < 4.78 is 1.04. The third-order valence-electron chi connectivity index (χ3n) is 3.50. The van der Waals surface area contributed by atoms with Crippen molar-refractivity contribution in [3.63, 3.8) is 0 Å². The van der Waals surface area contributed by atoms with Crippen molar-refractivity contribution in [1.29, 1.82) is 0 Å². The van der Waals surface area contributed by atoms with E-state index in [1.54, 1.807) is 0 Å². The minimum atomic E-state index is 0.878. The van der Waals surface area contributed by atoms with Gasteiger partial charge in [0.2, 0.25) is 0 Å². The fraction of sp³-hybridized carbons (Fsp3) is 0. The number of hydrogen-bond donors (Lipinski definition) is 1. The zero-order valence-corrected chi connectivity index (χ0v) is 12.2. The second-order valence-electron chi connectivity index (χ2n) is 4.75. The van der Waals surface area contributed by atoms with Gasteiger partial charge in [-0.1, -0.05) is 58.4 Å². The average molecular weight is 323 g/mol. The molecule has 1 heterocycles. The monoisotopic (exact) mass is 322 g/mol. The quantitative estimate of drug-likeness (QED) is 0.661. The molecule has 0 fully saturated rings. The lowest BCUT2D eigenvalue weighted by atomic mass is 10.0. The predicted octanol–water partition coefficient (Wildman–Crippen LogP) is 5.11.